The average Bonchev–Trinajstić information content (AvgIpc) is 3.58. The summed E-state index contributed by atoms with van der Waals surface area (Å²) in [5, 5.41) is 13.0. The largest absolute Gasteiger partial charge is 0.329 e. The molecule has 0 bridgehead atoms. The van der Waals surface area contributed by atoms with Crippen LogP contribution in [0.5, 0.6) is 0 Å². The minimum absolute atomic E-state index is 0.215. The number of thiophene rings is 1. The van der Waals surface area contributed by atoms with Crippen LogP contribution in [0.2, 0.25) is 0 Å². The molecule has 1 aliphatic heterocycles. The average molecular weight is 463 g/mol. The van der Waals surface area contributed by atoms with Gasteiger partial charge in [0.2, 0.25) is 0 Å². The van der Waals surface area contributed by atoms with E-state index in [0.29, 0.717) is 12.5 Å². The van der Waals surface area contributed by atoms with E-state index in [1.54, 1.807) is 6.07 Å². The van der Waals surface area contributed by atoms with Gasteiger partial charge in [0, 0.05) is 55.2 Å². The summed E-state index contributed by atoms with van der Waals surface area (Å²) in [5.41, 5.74) is 2.28. The van der Waals surface area contributed by atoms with Crippen molar-refractivity contribution in [1.82, 2.24) is 24.0 Å². The number of hydrogen-bond acceptors (Lipinski definition) is 6. The van der Waals surface area contributed by atoms with E-state index in [1.807, 2.05) is 36.2 Å². The fourth-order valence-corrected chi connectivity index (χ4v) is 5.25. The molecule has 170 valence electrons. The van der Waals surface area contributed by atoms with Crippen LogP contribution in [-0.2, 0) is 19.6 Å². The van der Waals surface area contributed by atoms with E-state index >= 15 is 0 Å². The number of nitrogens with zero attached hydrogens (tertiary/aromatic N) is 6. The summed E-state index contributed by atoms with van der Waals surface area (Å²) in [5.74, 6) is 2.55. The summed E-state index contributed by atoms with van der Waals surface area (Å²) in [4.78, 5) is 22.3. The third kappa shape index (κ3) is 5.04. The third-order valence-electron chi connectivity index (χ3n) is 6.24. The second-order valence-electron chi connectivity index (χ2n) is 8.47. The molecule has 5 rings (SSSR count). The van der Waals surface area contributed by atoms with E-state index in [9.17, 15) is 10.1 Å². The Morgan fingerprint density at radius 3 is 2.48 bits per heavy atom. The predicted molar refractivity (Wildman–Crippen MR) is 127 cm³/mol. The Balaban J connectivity index is 1.21. The number of imidazole rings is 2. The van der Waals surface area contributed by atoms with E-state index in [-0.39, 0.29) is 9.92 Å². The van der Waals surface area contributed by atoms with E-state index in [1.165, 1.54) is 16.9 Å². The molecule has 0 amide bonds. The highest BCUT2D eigenvalue weighted by Crippen LogP contribution is 2.29. The zero-order valence-electron chi connectivity index (χ0n) is 18.3. The first-order chi connectivity index (χ1) is 16.2. The lowest BCUT2D eigenvalue weighted by Gasteiger charge is -2.31. The van der Waals surface area contributed by atoms with Gasteiger partial charge in [0.15, 0.2) is 0 Å². The van der Waals surface area contributed by atoms with Crippen LogP contribution in [0.4, 0.5) is 5.00 Å². The molecule has 9 heteroatoms. The van der Waals surface area contributed by atoms with Gasteiger partial charge in [0.1, 0.15) is 11.6 Å². The van der Waals surface area contributed by atoms with Crippen LogP contribution >= 0.6 is 11.3 Å². The highest BCUT2D eigenvalue weighted by molar-refractivity contribution is 7.13. The molecule has 0 atom stereocenters. The van der Waals surface area contributed by atoms with Gasteiger partial charge in [-0.15, -0.1) is 0 Å². The lowest BCUT2D eigenvalue weighted by Crippen LogP contribution is -2.33. The first-order valence-corrected chi connectivity index (χ1v) is 12.0. The molecule has 4 heterocycles. The highest BCUT2D eigenvalue weighted by atomic mass is 32.1. The number of aromatic nitrogens is 4. The SMILES string of the molecule is O=[N+]([O-])c1cc(CN2CCC(c3nccn3Cc3nccn3Cc3ccccc3)CC2)cs1. The van der Waals surface area contributed by atoms with Crippen LogP contribution in [-0.4, -0.2) is 42.0 Å². The summed E-state index contributed by atoms with van der Waals surface area (Å²) in [6.45, 7) is 4.20. The lowest BCUT2D eigenvalue weighted by molar-refractivity contribution is -0.380. The van der Waals surface area contributed by atoms with Crippen LogP contribution in [0, 0.1) is 10.1 Å². The smallest absolute Gasteiger partial charge is 0.324 e. The molecule has 1 aliphatic rings. The fourth-order valence-electron chi connectivity index (χ4n) is 4.53. The Labute approximate surface area is 196 Å². The Morgan fingerprint density at radius 1 is 0.970 bits per heavy atom. The Hall–Kier alpha value is -3.30. The summed E-state index contributed by atoms with van der Waals surface area (Å²) in [6.07, 6.45) is 9.89. The van der Waals surface area contributed by atoms with Crippen LogP contribution in [0.1, 0.15) is 41.5 Å². The molecule has 0 N–H and O–H groups in total. The van der Waals surface area contributed by atoms with Gasteiger partial charge in [-0.3, -0.25) is 15.0 Å². The van der Waals surface area contributed by atoms with Gasteiger partial charge < -0.3 is 9.13 Å². The molecule has 0 unspecified atom stereocenters. The van der Waals surface area contributed by atoms with E-state index in [4.69, 9.17) is 4.98 Å². The first kappa shape index (κ1) is 21.5. The van der Waals surface area contributed by atoms with Gasteiger partial charge in [0.05, 0.1) is 11.5 Å². The van der Waals surface area contributed by atoms with Crippen LogP contribution < -0.4 is 0 Å². The lowest BCUT2D eigenvalue weighted by atomic mass is 9.95. The normalized spacial score (nSPS) is 15.2. The van der Waals surface area contributed by atoms with Gasteiger partial charge in [-0.25, -0.2) is 9.97 Å². The second-order valence-corrected chi connectivity index (χ2v) is 9.36. The van der Waals surface area contributed by atoms with E-state index < -0.39 is 0 Å². The van der Waals surface area contributed by atoms with E-state index in [0.717, 1.165) is 56.2 Å². The molecule has 0 aliphatic carbocycles. The molecule has 1 saturated heterocycles. The maximum Gasteiger partial charge on any atom is 0.324 e. The second kappa shape index (κ2) is 9.68. The molecule has 3 aromatic heterocycles. The summed E-state index contributed by atoms with van der Waals surface area (Å²) >= 11 is 1.20. The number of benzene rings is 1. The van der Waals surface area contributed by atoms with Crippen molar-refractivity contribution in [2.24, 2.45) is 0 Å². The maximum atomic E-state index is 10.9. The monoisotopic (exact) mass is 462 g/mol. The number of piperidine rings is 1. The number of likely N-dealkylation sites (tertiary alicyclic amines) is 1. The molecule has 0 radical (unpaired) electrons. The Bertz CT molecular complexity index is 1210. The summed E-state index contributed by atoms with van der Waals surface area (Å²) in [7, 11) is 0. The summed E-state index contributed by atoms with van der Waals surface area (Å²) < 4.78 is 4.42. The molecule has 1 aromatic carbocycles. The molecule has 1 fully saturated rings. The minimum atomic E-state index is -0.314. The number of nitro groups is 1. The molecule has 4 aromatic rings. The molecule has 33 heavy (non-hydrogen) atoms. The topological polar surface area (TPSA) is 82.0 Å². The zero-order chi connectivity index (χ0) is 22.6. The number of rotatable bonds is 8. The van der Waals surface area contributed by atoms with Gasteiger partial charge in [-0.1, -0.05) is 41.7 Å². The van der Waals surface area contributed by atoms with Crippen molar-refractivity contribution in [1.29, 1.82) is 0 Å². The van der Waals surface area contributed by atoms with Crippen LogP contribution in [0.25, 0.3) is 0 Å². The van der Waals surface area contributed by atoms with Crippen LogP contribution in [0.3, 0.4) is 0 Å². The van der Waals surface area contributed by atoms with Crippen molar-refractivity contribution in [3.8, 4) is 0 Å². The van der Waals surface area contributed by atoms with Crippen molar-refractivity contribution in [2.45, 2.75) is 38.4 Å². The van der Waals surface area contributed by atoms with Gasteiger partial charge in [-0.05, 0) is 37.1 Å². The van der Waals surface area contributed by atoms with Crippen LogP contribution in [0.15, 0.2) is 66.6 Å². The summed E-state index contributed by atoms with van der Waals surface area (Å²) in [6, 6.07) is 12.1. The van der Waals surface area contributed by atoms with Crippen molar-refractivity contribution in [2.75, 3.05) is 13.1 Å². The Kier molecular flexibility index (Phi) is 6.32. The fraction of sp³-hybridized carbons (Fsp3) is 0.333. The molecular weight excluding hydrogens is 436 g/mol. The highest BCUT2D eigenvalue weighted by Gasteiger charge is 2.25. The predicted octanol–water partition coefficient (Wildman–Crippen LogP) is 4.53. The van der Waals surface area contributed by atoms with Crippen molar-refractivity contribution in [3.63, 3.8) is 0 Å². The first-order valence-electron chi connectivity index (χ1n) is 11.1. The van der Waals surface area contributed by atoms with Gasteiger partial charge in [-0.2, -0.15) is 0 Å². The Morgan fingerprint density at radius 2 is 1.73 bits per heavy atom. The molecule has 0 spiro atoms. The van der Waals surface area contributed by atoms with Crippen molar-refractivity contribution in [3.05, 3.63) is 99.5 Å². The minimum Gasteiger partial charge on any atom is -0.329 e. The number of hydrogen-bond donors (Lipinski definition) is 0. The quantitative estimate of drug-likeness (QED) is 0.284. The van der Waals surface area contributed by atoms with Crippen molar-refractivity contribution >= 4 is 16.3 Å². The third-order valence-corrected chi connectivity index (χ3v) is 7.16. The standard InChI is InChI=1S/C24H26N6O2S/c31-30(32)23-14-20(18-33-23)15-27-10-6-21(7-11-27)24-26-9-13-29(24)17-22-25-8-12-28(22)16-19-4-2-1-3-5-19/h1-5,8-9,12-14,18,21H,6-7,10-11,15-17H2. The van der Waals surface area contributed by atoms with Gasteiger partial charge in [0.25, 0.3) is 0 Å². The molecule has 8 nitrogen and oxygen atoms in total. The molecule has 0 saturated carbocycles. The van der Waals surface area contributed by atoms with Gasteiger partial charge >= 0.3 is 5.00 Å². The maximum absolute atomic E-state index is 10.9. The zero-order valence-corrected chi connectivity index (χ0v) is 19.1. The van der Waals surface area contributed by atoms with Crippen molar-refractivity contribution < 1.29 is 4.92 Å². The van der Waals surface area contributed by atoms with E-state index in [2.05, 4.69) is 43.3 Å². The molecular formula is C24H26N6O2S.